The summed E-state index contributed by atoms with van der Waals surface area (Å²) >= 11 is 0. The predicted molar refractivity (Wildman–Crippen MR) is 49.6 cm³/mol. The van der Waals surface area contributed by atoms with Crippen molar-refractivity contribution in [1.29, 1.82) is 0 Å². The maximum Gasteiger partial charge on any atom is 0.511 e. The van der Waals surface area contributed by atoms with Crippen LogP contribution in [0.3, 0.4) is 0 Å². The Morgan fingerprint density at radius 1 is 1.27 bits per heavy atom. The quantitative estimate of drug-likeness (QED) is 0.745. The van der Waals surface area contributed by atoms with Gasteiger partial charge in [-0.05, 0) is 18.8 Å². The SMILES string of the molecule is CCC1CCN(S(=O)(=O)C(F)(F)F)CC1. The molecule has 0 spiro atoms. The minimum absolute atomic E-state index is 0.0135. The normalized spacial score (nSPS) is 21.9. The van der Waals surface area contributed by atoms with Crippen molar-refractivity contribution < 1.29 is 21.6 Å². The maximum absolute atomic E-state index is 12.2. The second kappa shape index (κ2) is 4.29. The van der Waals surface area contributed by atoms with Crippen LogP contribution in [0.1, 0.15) is 26.2 Å². The summed E-state index contributed by atoms with van der Waals surface area (Å²) in [4.78, 5) is 0. The third kappa shape index (κ3) is 2.63. The van der Waals surface area contributed by atoms with E-state index in [1.165, 1.54) is 0 Å². The molecular formula is C8H14F3NO2S. The van der Waals surface area contributed by atoms with Crippen molar-refractivity contribution >= 4 is 10.0 Å². The minimum atomic E-state index is -5.16. The molecule has 0 atom stereocenters. The Labute approximate surface area is 87.3 Å². The van der Waals surface area contributed by atoms with E-state index in [1.807, 2.05) is 6.92 Å². The number of hydrogen-bond acceptors (Lipinski definition) is 2. The van der Waals surface area contributed by atoms with Crippen LogP contribution in [0.2, 0.25) is 0 Å². The first kappa shape index (κ1) is 12.8. The topological polar surface area (TPSA) is 37.4 Å². The summed E-state index contributed by atoms with van der Waals surface area (Å²) in [5.74, 6) is 0.352. The molecule has 0 radical (unpaired) electrons. The first-order valence-corrected chi connectivity index (χ1v) is 6.29. The van der Waals surface area contributed by atoms with E-state index in [2.05, 4.69) is 0 Å². The number of nitrogens with zero attached hydrogens (tertiary/aromatic N) is 1. The van der Waals surface area contributed by atoms with Gasteiger partial charge in [0.15, 0.2) is 0 Å². The van der Waals surface area contributed by atoms with Gasteiger partial charge in [0.1, 0.15) is 0 Å². The van der Waals surface area contributed by atoms with Gasteiger partial charge in [-0.1, -0.05) is 13.3 Å². The number of alkyl halides is 3. The van der Waals surface area contributed by atoms with Gasteiger partial charge in [0, 0.05) is 13.1 Å². The van der Waals surface area contributed by atoms with Gasteiger partial charge in [-0.25, -0.2) is 8.42 Å². The molecule has 0 aromatic carbocycles. The molecule has 0 amide bonds. The van der Waals surface area contributed by atoms with Crippen LogP contribution in [0.4, 0.5) is 13.2 Å². The van der Waals surface area contributed by atoms with E-state index >= 15 is 0 Å². The number of hydrogen-bond donors (Lipinski definition) is 0. The molecule has 0 N–H and O–H groups in total. The van der Waals surface area contributed by atoms with Crippen LogP contribution in [0, 0.1) is 5.92 Å². The van der Waals surface area contributed by atoms with Crippen molar-refractivity contribution in [2.45, 2.75) is 31.7 Å². The summed E-state index contributed by atoms with van der Waals surface area (Å²) in [6, 6.07) is 0. The van der Waals surface area contributed by atoms with E-state index in [0.717, 1.165) is 6.42 Å². The number of rotatable bonds is 2. The van der Waals surface area contributed by atoms with Gasteiger partial charge >= 0.3 is 15.5 Å². The van der Waals surface area contributed by atoms with Gasteiger partial charge in [-0.2, -0.15) is 17.5 Å². The van der Waals surface area contributed by atoms with Crippen LogP contribution in [-0.2, 0) is 10.0 Å². The lowest BCUT2D eigenvalue weighted by molar-refractivity contribution is -0.0496. The highest BCUT2D eigenvalue weighted by Gasteiger charge is 2.50. The van der Waals surface area contributed by atoms with E-state index < -0.39 is 15.5 Å². The van der Waals surface area contributed by atoms with E-state index in [1.54, 1.807) is 0 Å². The Morgan fingerprint density at radius 2 is 1.73 bits per heavy atom. The molecule has 1 aliphatic heterocycles. The maximum atomic E-state index is 12.2. The minimum Gasteiger partial charge on any atom is -0.203 e. The smallest absolute Gasteiger partial charge is 0.203 e. The lowest BCUT2D eigenvalue weighted by Gasteiger charge is -2.30. The van der Waals surface area contributed by atoms with Crippen LogP contribution >= 0.6 is 0 Å². The van der Waals surface area contributed by atoms with Crippen molar-refractivity contribution in [3.63, 3.8) is 0 Å². The fraction of sp³-hybridized carbons (Fsp3) is 1.00. The van der Waals surface area contributed by atoms with Crippen molar-refractivity contribution in [1.82, 2.24) is 4.31 Å². The lowest BCUT2D eigenvalue weighted by Crippen LogP contribution is -2.44. The molecule has 0 saturated carbocycles. The molecule has 0 unspecified atom stereocenters. The van der Waals surface area contributed by atoms with Crippen LogP contribution < -0.4 is 0 Å². The summed E-state index contributed by atoms with van der Waals surface area (Å²) in [5.41, 5.74) is -5.16. The molecular weight excluding hydrogens is 231 g/mol. The average Bonchev–Trinajstić information content (AvgIpc) is 2.16. The third-order valence-corrected chi connectivity index (χ3v) is 4.41. The van der Waals surface area contributed by atoms with Crippen molar-refractivity contribution in [3.05, 3.63) is 0 Å². The zero-order chi connectivity index (χ0) is 11.7. The zero-order valence-electron chi connectivity index (χ0n) is 8.42. The van der Waals surface area contributed by atoms with Crippen LogP contribution in [0.25, 0.3) is 0 Å². The second-order valence-electron chi connectivity index (χ2n) is 3.70. The molecule has 0 aromatic heterocycles. The second-order valence-corrected chi connectivity index (χ2v) is 5.63. The van der Waals surface area contributed by atoms with Gasteiger partial charge in [-0.3, -0.25) is 0 Å². The summed E-state index contributed by atoms with van der Waals surface area (Å²) in [7, 11) is -5.10. The van der Waals surface area contributed by atoms with Gasteiger partial charge in [0.05, 0.1) is 0 Å². The first-order chi connectivity index (χ1) is 6.79. The molecule has 1 rings (SSSR count). The molecule has 90 valence electrons. The molecule has 1 aliphatic rings. The molecule has 1 heterocycles. The molecule has 1 fully saturated rings. The number of piperidine rings is 1. The first-order valence-electron chi connectivity index (χ1n) is 4.85. The van der Waals surface area contributed by atoms with Crippen LogP contribution in [-0.4, -0.2) is 31.3 Å². The van der Waals surface area contributed by atoms with E-state index in [0.29, 0.717) is 23.1 Å². The summed E-state index contributed by atoms with van der Waals surface area (Å²) in [6.07, 6.45) is 1.93. The van der Waals surface area contributed by atoms with Gasteiger partial charge in [0.25, 0.3) is 0 Å². The summed E-state index contributed by atoms with van der Waals surface area (Å²) in [5, 5.41) is 0. The van der Waals surface area contributed by atoms with E-state index in [-0.39, 0.29) is 13.1 Å². The van der Waals surface area contributed by atoms with Gasteiger partial charge in [0.2, 0.25) is 0 Å². The van der Waals surface area contributed by atoms with E-state index in [9.17, 15) is 21.6 Å². The van der Waals surface area contributed by atoms with E-state index in [4.69, 9.17) is 0 Å². The number of sulfonamides is 1. The molecule has 7 heteroatoms. The van der Waals surface area contributed by atoms with Gasteiger partial charge < -0.3 is 0 Å². The Bertz CT molecular complexity index is 304. The van der Waals surface area contributed by atoms with Crippen molar-refractivity contribution in [2.24, 2.45) is 5.92 Å². The van der Waals surface area contributed by atoms with Crippen molar-refractivity contribution in [3.8, 4) is 0 Å². The van der Waals surface area contributed by atoms with Gasteiger partial charge in [-0.15, -0.1) is 0 Å². The Hall–Kier alpha value is -0.300. The molecule has 15 heavy (non-hydrogen) atoms. The van der Waals surface area contributed by atoms with Crippen LogP contribution in [0.5, 0.6) is 0 Å². The Kier molecular flexibility index (Phi) is 3.65. The fourth-order valence-corrected chi connectivity index (χ4v) is 2.69. The Balaban J connectivity index is 2.69. The predicted octanol–water partition coefficient (Wildman–Crippen LogP) is 1.96. The Morgan fingerprint density at radius 3 is 2.07 bits per heavy atom. The van der Waals surface area contributed by atoms with Crippen LogP contribution in [0.15, 0.2) is 0 Å². The molecule has 0 aromatic rings. The van der Waals surface area contributed by atoms with Crippen molar-refractivity contribution in [2.75, 3.05) is 13.1 Å². The summed E-state index contributed by atoms with van der Waals surface area (Å²) < 4.78 is 59.0. The largest absolute Gasteiger partial charge is 0.511 e. The standard InChI is InChI=1S/C8H14F3NO2S/c1-2-7-3-5-12(6-4-7)15(13,14)8(9,10)11/h7H,2-6H2,1H3. The fourth-order valence-electron chi connectivity index (χ4n) is 1.70. The highest BCUT2D eigenvalue weighted by atomic mass is 32.2. The third-order valence-electron chi connectivity index (χ3n) is 2.78. The zero-order valence-corrected chi connectivity index (χ0v) is 9.24. The highest BCUT2D eigenvalue weighted by Crippen LogP contribution is 2.30. The molecule has 3 nitrogen and oxygen atoms in total. The molecule has 1 saturated heterocycles. The molecule has 0 bridgehead atoms. The lowest BCUT2D eigenvalue weighted by atomic mass is 9.96. The highest BCUT2D eigenvalue weighted by molar-refractivity contribution is 7.90. The average molecular weight is 245 g/mol. The summed E-state index contributed by atoms with van der Waals surface area (Å²) in [6.45, 7) is 1.93. The molecule has 0 aliphatic carbocycles. The number of halogens is 3. The monoisotopic (exact) mass is 245 g/mol.